The highest BCUT2D eigenvalue weighted by Gasteiger charge is 2.18. The first-order valence-electron chi connectivity index (χ1n) is 8.00. The number of nitrogens with one attached hydrogen (secondary N) is 1. The number of benzene rings is 1. The molecule has 0 atom stereocenters. The Morgan fingerprint density at radius 1 is 1.21 bits per heavy atom. The van der Waals surface area contributed by atoms with Crippen molar-refractivity contribution >= 4 is 35.1 Å². The van der Waals surface area contributed by atoms with Crippen molar-refractivity contribution in [1.29, 1.82) is 0 Å². The Morgan fingerprint density at radius 2 is 1.96 bits per heavy atom. The van der Waals surface area contributed by atoms with Gasteiger partial charge in [-0.25, -0.2) is 4.98 Å². The molecule has 1 fully saturated rings. The molecule has 6 heteroatoms. The second-order valence-electron chi connectivity index (χ2n) is 5.92. The molecular weight excluding hydrogens is 342 g/mol. The number of nitrogens with zero attached hydrogens (tertiary/aromatic N) is 2. The number of carbonyl (C=O) groups is 1. The first kappa shape index (κ1) is 17.3. The van der Waals surface area contributed by atoms with E-state index in [0.29, 0.717) is 21.7 Å². The van der Waals surface area contributed by atoms with E-state index in [2.05, 4.69) is 22.2 Å². The fourth-order valence-corrected chi connectivity index (χ4v) is 3.97. The smallest absolute Gasteiger partial charge is 0.258 e. The maximum absolute atomic E-state index is 12.3. The third-order valence-electron chi connectivity index (χ3n) is 4.04. The minimum Gasteiger partial charge on any atom is -0.306 e. The SMILES string of the molecule is CN1CCC(Sc2cccc(NC(=O)c3ccccc3Cl)n2)CC1. The number of amides is 1. The van der Waals surface area contributed by atoms with Gasteiger partial charge >= 0.3 is 0 Å². The van der Waals surface area contributed by atoms with Crippen molar-refractivity contribution in [3.63, 3.8) is 0 Å². The lowest BCUT2D eigenvalue weighted by Crippen LogP contribution is -2.31. The Bertz CT molecular complexity index is 717. The van der Waals surface area contributed by atoms with E-state index in [9.17, 15) is 4.79 Å². The van der Waals surface area contributed by atoms with Gasteiger partial charge in [0.15, 0.2) is 0 Å². The number of likely N-dealkylation sites (tertiary alicyclic amines) is 1. The van der Waals surface area contributed by atoms with Crippen LogP contribution in [0.15, 0.2) is 47.5 Å². The van der Waals surface area contributed by atoms with Gasteiger partial charge in [0.25, 0.3) is 5.91 Å². The Hall–Kier alpha value is -1.56. The van der Waals surface area contributed by atoms with Crippen LogP contribution < -0.4 is 5.32 Å². The molecule has 0 spiro atoms. The summed E-state index contributed by atoms with van der Waals surface area (Å²) in [7, 11) is 2.16. The van der Waals surface area contributed by atoms with Crippen LogP contribution in [0.5, 0.6) is 0 Å². The molecule has 2 aromatic rings. The monoisotopic (exact) mass is 361 g/mol. The maximum Gasteiger partial charge on any atom is 0.258 e. The van der Waals surface area contributed by atoms with Crippen LogP contribution in [0.1, 0.15) is 23.2 Å². The second kappa shape index (κ2) is 8.01. The topological polar surface area (TPSA) is 45.2 Å². The van der Waals surface area contributed by atoms with Crippen molar-refractivity contribution in [3.8, 4) is 0 Å². The summed E-state index contributed by atoms with van der Waals surface area (Å²) in [6.45, 7) is 2.25. The van der Waals surface area contributed by atoms with Crippen molar-refractivity contribution in [2.24, 2.45) is 0 Å². The predicted octanol–water partition coefficient (Wildman–Crippen LogP) is 4.17. The van der Waals surface area contributed by atoms with Crippen LogP contribution in [0.2, 0.25) is 5.02 Å². The fraction of sp³-hybridized carbons (Fsp3) is 0.333. The third kappa shape index (κ3) is 4.50. The summed E-state index contributed by atoms with van der Waals surface area (Å²) in [5.74, 6) is 0.312. The van der Waals surface area contributed by atoms with Crippen LogP contribution in [0.3, 0.4) is 0 Å². The summed E-state index contributed by atoms with van der Waals surface area (Å²) in [4.78, 5) is 19.2. The third-order valence-corrected chi connectivity index (χ3v) is 5.64. The molecule has 1 N–H and O–H groups in total. The van der Waals surface area contributed by atoms with E-state index < -0.39 is 0 Å². The predicted molar refractivity (Wildman–Crippen MR) is 100 cm³/mol. The average molecular weight is 362 g/mol. The van der Waals surface area contributed by atoms with Crippen LogP contribution >= 0.6 is 23.4 Å². The van der Waals surface area contributed by atoms with Gasteiger partial charge in [0.1, 0.15) is 5.82 Å². The van der Waals surface area contributed by atoms with E-state index in [0.717, 1.165) is 18.1 Å². The first-order valence-corrected chi connectivity index (χ1v) is 9.26. The molecule has 0 bridgehead atoms. The zero-order chi connectivity index (χ0) is 16.9. The zero-order valence-corrected chi connectivity index (χ0v) is 15.1. The molecule has 4 nitrogen and oxygen atoms in total. The molecule has 1 aliphatic heterocycles. The van der Waals surface area contributed by atoms with Gasteiger partial charge in [-0.15, -0.1) is 11.8 Å². The minimum absolute atomic E-state index is 0.241. The van der Waals surface area contributed by atoms with E-state index in [1.54, 1.807) is 42.1 Å². The van der Waals surface area contributed by atoms with Gasteiger partial charge in [-0.05, 0) is 57.2 Å². The molecule has 1 aromatic heterocycles. The molecule has 0 saturated carbocycles. The van der Waals surface area contributed by atoms with Crippen LogP contribution in [-0.2, 0) is 0 Å². The summed E-state index contributed by atoms with van der Waals surface area (Å²) in [5, 5.41) is 4.80. The number of hydrogen-bond donors (Lipinski definition) is 1. The van der Waals surface area contributed by atoms with Crippen LogP contribution in [0.4, 0.5) is 5.82 Å². The van der Waals surface area contributed by atoms with E-state index >= 15 is 0 Å². The summed E-state index contributed by atoms with van der Waals surface area (Å²) in [6, 6.07) is 12.7. The number of rotatable bonds is 4. The number of thioether (sulfide) groups is 1. The van der Waals surface area contributed by atoms with Crippen LogP contribution in [0.25, 0.3) is 0 Å². The van der Waals surface area contributed by atoms with Crippen molar-refractivity contribution in [2.45, 2.75) is 23.1 Å². The molecule has 0 radical (unpaired) electrons. The highest BCUT2D eigenvalue weighted by Crippen LogP contribution is 2.29. The normalized spacial score (nSPS) is 16.1. The van der Waals surface area contributed by atoms with Crippen molar-refractivity contribution in [3.05, 3.63) is 53.1 Å². The van der Waals surface area contributed by atoms with Gasteiger partial charge in [-0.3, -0.25) is 4.79 Å². The van der Waals surface area contributed by atoms with E-state index in [1.165, 1.54) is 12.8 Å². The molecule has 1 aromatic carbocycles. The summed E-state index contributed by atoms with van der Waals surface area (Å²) >= 11 is 7.86. The number of hydrogen-bond acceptors (Lipinski definition) is 4. The molecule has 1 amide bonds. The Labute approximate surface area is 151 Å². The van der Waals surface area contributed by atoms with Crippen molar-refractivity contribution < 1.29 is 4.79 Å². The first-order chi connectivity index (χ1) is 11.6. The van der Waals surface area contributed by atoms with Gasteiger partial charge < -0.3 is 10.2 Å². The minimum atomic E-state index is -0.241. The molecular formula is C18H20ClN3OS. The molecule has 0 aliphatic carbocycles. The average Bonchev–Trinajstić information content (AvgIpc) is 2.58. The largest absolute Gasteiger partial charge is 0.306 e. The van der Waals surface area contributed by atoms with Crippen molar-refractivity contribution in [1.82, 2.24) is 9.88 Å². The van der Waals surface area contributed by atoms with Crippen LogP contribution in [-0.4, -0.2) is 41.2 Å². The standard InChI is InChI=1S/C18H20ClN3OS/c1-22-11-9-13(10-12-22)24-17-8-4-7-16(20-17)21-18(23)14-5-2-3-6-15(14)19/h2-8,13H,9-12H2,1H3,(H,20,21,23). The molecule has 3 rings (SSSR count). The Kier molecular flexibility index (Phi) is 5.76. The van der Waals surface area contributed by atoms with Gasteiger partial charge in [0, 0.05) is 5.25 Å². The van der Waals surface area contributed by atoms with Crippen LogP contribution in [0, 0.1) is 0 Å². The second-order valence-corrected chi connectivity index (χ2v) is 7.64. The Morgan fingerprint density at radius 3 is 2.71 bits per heavy atom. The molecule has 1 aliphatic rings. The Balaban J connectivity index is 1.65. The molecule has 2 heterocycles. The number of anilines is 1. The quantitative estimate of drug-likeness (QED) is 0.887. The van der Waals surface area contributed by atoms with Gasteiger partial charge in [-0.1, -0.05) is 29.8 Å². The van der Waals surface area contributed by atoms with Gasteiger partial charge in [-0.2, -0.15) is 0 Å². The summed E-state index contributed by atoms with van der Waals surface area (Å²) in [5.41, 5.74) is 0.453. The lowest BCUT2D eigenvalue weighted by Gasteiger charge is -2.28. The number of piperidine rings is 1. The lowest BCUT2D eigenvalue weighted by molar-refractivity contribution is 0.102. The van der Waals surface area contributed by atoms with Gasteiger partial charge in [0.05, 0.1) is 15.6 Å². The summed E-state index contributed by atoms with van der Waals surface area (Å²) < 4.78 is 0. The highest BCUT2D eigenvalue weighted by atomic mass is 35.5. The molecule has 24 heavy (non-hydrogen) atoms. The number of pyridine rings is 1. The molecule has 0 unspecified atom stereocenters. The fourth-order valence-electron chi connectivity index (χ4n) is 2.65. The van der Waals surface area contributed by atoms with E-state index in [1.807, 2.05) is 12.1 Å². The van der Waals surface area contributed by atoms with E-state index in [-0.39, 0.29) is 5.91 Å². The van der Waals surface area contributed by atoms with Gasteiger partial charge in [0.2, 0.25) is 0 Å². The molecule has 1 saturated heterocycles. The summed E-state index contributed by atoms with van der Waals surface area (Å²) in [6.07, 6.45) is 2.33. The van der Waals surface area contributed by atoms with Crippen molar-refractivity contribution in [2.75, 3.05) is 25.5 Å². The number of aromatic nitrogens is 1. The number of halogens is 1. The van der Waals surface area contributed by atoms with E-state index in [4.69, 9.17) is 11.6 Å². The molecule has 126 valence electrons. The lowest BCUT2D eigenvalue weighted by atomic mass is 10.1. The maximum atomic E-state index is 12.3. The zero-order valence-electron chi connectivity index (χ0n) is 13.5. The number of carbonyl (C=O) groups excluding carboxylic acids is 1. The highest BCUT2D eigenvalue weighted by molar-refractivity contribution is 7.99.